The van der Waals surface area contributed by atoms with Crippen molar-refractivity contribution in [3.63, 3.8) is 0 Å². The Morgan fingerprint density at radius 3 is 2.57 bits per heavy atom. The Bertz CT molecular complexity index is 691. The number of halogens is 3. The normalized spacial score (nSPS) is 11.5. The highest BCUT2D eigenvalue weighted by molar-refractivity contribution is 6.07. The molecule has 1 amide bonds. The molecule has 112 valence electrons. The molecule has 0 aliphatic rings. The Hall–Kier alpha value is -2.51. The van der Waals surface area contributed by atoms with Gasteiger partial charge in [0.25, 0.3) is 5.91 Å². The summed E-state index contributed by atoms with van der Waals surface area (Å²) in [7, 11) is 1.61. The molecule has 0 fully saturated rings. The Morgan fingerprint density at radius 2 is 2.05 bits per heavy atom. The van der Waals surface area contributed by atoms with E-state index in [1.54, 1.807) is 20.0 Å². The zero-order valence-electron chi connectivity index (χ0n) is 11.3. The van der Waals surface area contributed by atoms with Gasteiger partial charge in [-0.3, -0.25) is 9.48 Å². The number of anilines is 2. The van der Waals surface area contributed by atoms with Gasteiger partial charge in [0.1, 0.15) is 5.82 Å². The summed E-state index contributed by atoms with van der Waals surface area (Å²) in [6.07, 6.45) is -4.61. The minimum Gasteiger partial charge on any atom is -0.398 e. The van der Waals surface area contributed by atoms with Crippen molar-refractivity contribution < 1.29 is 18.0 Å². The topological polar surface area (TPSA) is 72.9 Å². The number of nitrogens with zero attached hydrogens (tertiary/aromatic N) is 2. The van der Waals surface area contributed by atoms with Crippen LogP contribution in [0.2, 0.25) is 0 Å². The number of alkyl halides is 3. The Kier molecular flexibility index (Phi) is 3.63. The molecule has 2 rings (SSSR count). The van der Waals surface area contributed by atoms with Crippen LogP contribution in [0, 0.1) is 6.92 Å². The van der Waals surface area contributed by atoms with E-state index in [1.807, 2.05) is 0 Å². The maximum atomic E-state index is 12.8. The first-order valence-electron chi connectivity index (χ1n) is 5.98. The van der Waals surface area contributed by atoms with E-state index in [9.17, 15) is 18.0 Å². The lowest BCUT2D eigenvalue weighted by Crippen LogP contribution is -2.19. The molecule has 3 N–H and O–H groups in total. The van der Waals surface area contributed by atoms with Gasteiger partial charge in [-0.05, 0) is 19.1 Å². The van der Waals surface area contributed by atoms with E-state index in [2.05, 4.69) is 10.4 Å². The molecular formula is C13H13F3N4O. The third kappa shape index (κ3) is 2.99. The molecule has 2 aromatic rings. The van der Waals surface area contributed by atoms with Crippen molar-refractivity contribution in [2.75, 3.05) is 11.1 Å². The van der Waals surface area contributed by atoms with Crippen molar-refractivity contribution in [3.05, 3.63) is 41.1 Å². The van der Waals surface area contributed by atoms with Crippen LogP contribution in [0.1, 0.15) is 21.6 Å². The molecular weight excluding hydrogens is 285 g/mol. The highest BCUT2D eigenvalue weighted by Gasteiger charge is 2.34. The van der Waals surface area contributed by atoms with Crippen LogP contribution in [0.5, 0.6) is 0 Å². The summed E-state index contributed by atoms with van der Waals surface area (Å²) >= 11 is 0. The summed E-state index contributed by atoms with van der Waals surface area (Å²) in [6.45, 7) is 1.73. The number of nitrogens with two attached hydrogens (primary N) is 1. The first-order valence-corrected chi connectivity index (χ1v) is 5.98. The van der Waals surface area contributed by atoms with Crippen LogP contribution < -0.4 is 11.1 Å². The second-order valence-corrected chi connectivity index (χ2v) is 4.51. The van der Waals surface area contributed by atoms with Crippen LogP contribution in [0.4, 0.5) is 24.7 Å². The van der Waals surface area contributed by atoms with E-state index in [0.29, 0.717) is 11.5 Å². The second-order valence-electron chi connectivity index (χ2n) is 4.51. The van der Waals surface area contributed by atoms with Gasteiger partial charge in [0.05, 0.1) is 22.5 Å². The summed E-state index contributed by atoms with van der Waals surface area (Å²) < 4.78 is 39.7. The maximum absolute atomic E-state index is 12.8. The number of benzene rings is 1. The van der Waals surface area contributed by atoms with E-state index in [0.717, 1.165) is 12.1 Å². The van der Waals surface area contributed by atoms with Gasteiger partial charge in [-0.2, -0.15) is 18.3 Å². The molecule has 0 aliphatic carbocycles. The highest BCUT2D eigenvalue weighted by atomic mass is 19.4. The molecule has 1 aromatic heterocycles. The molecule has 0 bridgehead atoms. The quantitative estimate of drug-likeness (QED) is 0.837. The van der Waals surface area contributed by atoms with E-state index in [4.69, 9.17) is 5.73 Å². The van der Waals surface area contributed by atoms with Crippen LogP contribution in [0.25, 0.3) is 0 Å². The molecule has 0 spiro atoms. The smallest absolute Gasteiger partial charge is 0.398 e. The fourth-order valence-corrected chi connectivity index (χ4v) is 1.92. The lowest BCUT2D eigenvalue weighted by molar-refractivity contribution is -0.136. The number of carbonyl (C=O) groups excluding carboxylic acids is 1. The van der Waals surface area contributed by atoms with Gasteiger partial charge in [-0.15, -0.1) is 0 Å². The van der Waals surface area contributed by atoms with Crippen molar-refractivity contribution in [2.24, 2.45) is 7.05 Å². The molecule has 0 unspecified atom stereocenters. The van der Waals surface area contributed by atoms with Gasteiger partial charge in [0.2, 0.25) is 0 Å². The fraction of sp³-hybridized carbons (Fsp3) is 0.231. The molecule has 0 saturated heterocycles. The van der Waals surface area contributed by atoms with Gasteiger partial charge >= 0.3 is 6.18 Å². The predicted molar refractivity (Wildman–Crippen MR) is 71.8 cm³/mol. The third-order valence-electron chi connectivity index (χ3n) is 2.90. The fourth-order valence-electron chi connectivity index (χ4n) is 1.92. The summed E-state index contributed by atoms with van der Waals surface area (Å²) in [5, 5.41) is 6.51. The van der Waals surface area contributed by atoms with Gasteiger partial charge < -0.3 is 11.1 Å². The van der Waals surface area contributed by atoms with Gasteiger partial charge in [-0.25, -0.2) is 0 Å². The average Bonchev–Trinajstić information content (AvgIpc) is 2.66. The number of nitrogens with one attached hydrogen (secondary N) is 1. The SMILES string of the molecule is Cc1cc(NC(=O)c2cccc(C(F)(F)F)c2N)n(C)n1. The number of carbonyl (C=O) groups is 1. The van der Waals surface area contributed by atoms with Crippen LogP contribution in [0.15, 0.2) is 24.3 Å². The zero-order chi connectivity index (χ0) is 15.8. The Balaban J connectivity index is 2.34. The van der Waals surface area contributed by atoms with Gasteiger partial charge in [0.15, 0.2) is 0 Å². The minimum atomic E-state index is -4.61. The van der Waals surface area contributed by atoms with Gasteiger partial charge in [-0.1, -0.05) is 6.07 Å². The highest BCUT2D eigenvalue weighted by Crippen LogP contribution is 2.35. The Morgan fingerprint density at radius 1 is 1.38 bits per heavy atom. The monoisotopic (exact) mass is 298 g/mol. The number of hydrogen-bond donors (Lipinski definition) is 2. The molecule has 1 heterocycles. The number of hydrogen-bond acceptors (Lipinski definition) is 3. The predicted octanol–water partition coefficient (Wildman–Crippen LogP) is 2.58. The van der Waals surface area contributed by atoms with Crippen LogP contribution >= 0.6 is 0 Å². The minimum absolute atomic E-state index is 0.233. The largest absolute Gasteiger partial charge is 0.418 e. The van der Waals surface area contributed by atoms with Crippen LogP contribution in [0.3, 0.4) is 0 Å². The molecule has 0 radical (unpaired) electrons. The first-order chi connectivity index (χ1) is 9.70. The summed E-state index contributed by atoms with van der Waals surface area (Å²) in [6, 6.07) is 4.81. The van der Waals surface area contributed by atoms with E-state index >= 15 is 0 Å². The van der Waals surface area contributed by atoms with E-state index in [1.165, 1.54) is 10.7 Å². The molecule has 21 heavy (non-hydrogen) atoms. The van der Waals surface area contributed by atoms with E-state index < -0.39 is 23.3 Å². The van der Waals surface area contributed by atoms with Crippen molar-refractivity contribution >= 4 is 17.4 Å². The van der Waals surface area contributed by atoms with Crippen LogP contribution in [-0.4, -0.2) is 15.7 Å². The lowest BCUT2D eigenvalue weighted by atomic mass is 10.1. The second kappa shape index (κ2) is 5.12. The lowest BCUT2D eigenvalue weighted by Gasteiger charge is -2.13. The molecule has 1 aromatic carbocycles. The number of rotatable bonds is 2. The number of amides is 1. The summed E-state index contributed by atoms with van der Waals surface area (Å²) in [5.74, 6) is -0.351. The Labute approximate surface area is 118 Å². The number of nitrogen functional groups attached to an aromatic ring is 1. The number of para-hydroxylation sites is 1. The molecule has 5 nitrogen and oxygen atoms in total. The molecule has 0 aliphatic heterocycles. The standard InChI is InChI=1S/C13H13F3N4O/c1-7-6-10(20(2)19-7)18-12(21)8-4-3-5-9(11(8)17)13(14,15)16/h3-6H,17H2,1-2H3,(H,18,21). The molecule has 8 heteroatoms. The molecule has 0 saturated carbocycles. The van der Waals surface area contributed by atoms with Crippen molar-refractivity contribution in [1.82, 2.24) is 9.78 Å². The number of aryl methyl sites for hydroxylation is 2. The van der Waals surface area contributed by atoms with Crippen molar-refractivity contribution in [2.45, 2.75) is 13.1 Å². The van der Waals surface area contributed by atoms with E-state index in [-0.39, 0.29) is 5.56 Å². The number of aromatic nitrogens is 2. The first kappa shape index (κ1) is 14.9. The van der Waals surface area contributed by atoms with Crippen LogP contribution in [-0.2, 0) is 13.2 Å². The third-order valence-corrected chi connectivity index (χ3v) is 2.90. The summed E-state index contributed by atoms with van der Waals surface area (Å²) in [4.78, 5) is 12.1. The summed E-state index contributed by atoms with van der Waals surface area (Å²) in [5.41, 5.74) is 4.28. The maximum Gasteiger partial charge on any atom is 0.418 e. The van der Waals surface area contributed by atoms with Crippen molar-refractivity contribution in [3.8, 4) is 0 Å². The van der Waals surface area contributed by atoms with Crippen molar-refractivity contribution in [1.29, 1.82) is 0 Å². The molecule has 0 atom stereocenters. The zero-order valence-corrected chi connectivity index (χ0v) is 11.3. The average molecular weight is 298 g/mol. The van der Waals surface area contributed by atoms with Gasteiger partial charge in [0, 0.05) is 13.1 Å².